The van der Waals surface area contributed by atoms with E-state index in [1.807, 2.05) is 37.4 Å². The second-order valence-electron chi connectivity index (χ2n) is 5.06. The van der Waals surface area contributed by atoms with Gasteiger partial charge >= 0.3 is 0 Å². The summed E-state index contributed by atoms with van der Waals surface area (Å²) in [6.45, 7) is 2.46. The van der Waals surface area contributed by atoms with E-state index in [0.717, 1.165) is 31.6 Å². The van der Waals surface area contributed by atoms with Crippen molar-refractivity contribution in [2.75, 3.05) is 0 Å². The number of H-pyrrole nitrogens is 1. The maximum Gasteiger partial charge on any atom is 0.260 e. The standard InChI is InChI=1S/C16H13N3OS.ClH/c1-10-12(18-9-17-10)8-19-7-6-14-15(16(19)20)11-4-2-3-5-13(11)21-14;/h2-7,9H,8H2,1H3,(H,17,18);1H. The Kier molecular flexibility index (Phi) is 3.76. The van der Waals surface area contributed by atoms with E-state index in [9.17, 15) is 4.79 Å². The summed E-state index contributed by atoms with van der Waals surface area (Å²) in [5.74, 6) is 0. The molecule has 0 bridgehead atoms. The van der Waals surface area contributed by atoms with E-state index in [-0.39, 0.29) is 18.0 Å². The molecule has 1 N–H and O–H groups in total. The van der Waals surface area contributed by atoms with Crippen molar-refractivity contribution in [2.45, 2.75) is 13.5 Å². The first-order valence-corrected chi connectivity index (χ1v) is 7.55. The molecule has 0 saturated heterocycles. The number of rotatable bonds is 2. The number of hydrogen-bond donors (Lipinski definition) is 1. The van der Waals surface area contributed by atoms with Crippen molar-refractivity contribution in [3.63, 3.8) is 0 Å². The third-order valence-electron chi connectivity index (χ3n) is 3.76. The van der Waals surface area contributed by atoms with Crippen LogP contribution in [0.2, 0.25) is 0 Å². The minimum Gasteiger partial charge on any atom is -0.348 e. The predicted octanol–water partition coefficient (Wildman–Crippen LogP) is 3.72. The van der Waals surface area contributed by atoms with Crippen LogP contribution in [-0.2, 0) is 6.54 Å². The fourth-order valence-corrected chi connectivity index (χ4v) is 3.70. The molecular formula is C16H14ClN3OS. The van der Waals surface area contributed by atoms with Gasteiger partial charge in [-0.15, -0.1) is 23.7 Å². The predicted molar refractivity (Wildman–Crippen MR) is 93.3 cm³/mol. The maximum absolute atomic E-state index is 12.8. The van der Waals surface area contributed by atoms with Gasteiger partial charge < -0.3 is 9.55 Å². The Labute approximate surface area is 136 Å². The lowest BCUT2D eigenvalue weighted by Crippen LogP contribution is -2.20. The molecule has 3 heterocycles. The largest absolute Gasteiger partial charge is 0.348 e. The Morgan fingerprint density at radius 1 is 1.23 bits per heavy atom. The molecule has 0 spiro atoms. The van der Waals surface area contributed by atoms with Crippen molar-refractivity contribution in [2.24, 2.45) is 0 Å². The molecule has 0 fully saturated rings. The molecule has 4 rings (SSSR count). The Balaban J connectivity index is 0.00000144. The molecular weight excluding hydrogens is 318 g/mol. The molecule has 0 saturated carbocycles. The highest BCUT2D eigenvalue weighted by atomic mass is 35.5. The summed E-state index contributed by atoms with van der Waals surface area (Å²) in [6.07, 6.45) is 3.52. The van der Waals surface area contributed by atoms with Crippen LogP contribution in [0.1, 0.15) is 11.4 Å². The number of imidazole rings is 1. The van der Waals surface area contributed by atoms with E-state index in [0.29, 0.717) is 6.54 Å². The highest BCUT2D eigenvalue weighted by molar-refractivity contribution is 7.25. The third kappa shape index (κ3) is 2.23. The van der Waals surface area contributed by atoms with Crippen molar-refractivity contribution in [1.29, 1.82) is 0 Å². The second kappa shape index (κ2) is 5.59. The van der Waals surface area contributed by atoms with Gasteiger partial charge in [-0.1, -0.05) is 18.2 Å². The van der Waals surface area contributed by atoms with Crippen molar-refractivity contribution in [3.8, 4) is 0 Å². The van der Waals surface area contributed by atoms with E-state index in [1.54, 1.807) is 22.2 Å². The summed E-state index contributed by atoms with van der Waals surface area (Å²) in [4.78, 5) is 20.1. The average molecular weight is 332 g/mol. The van der Waals surface area contributed by atoms with Crippen LogP contribution in [-0.4, -0.2) is 14.5 Å². The van der Waals surface area contributed by atoms with Gasteiger partial charge in [0.15, 0.2) is 0 Å². The number of nitrogens with one attached hydrogen (secondary N) is 1. The molecule has 4 aromatic rings. The number of pyridine rings is 1. The minimum atomic E-state index is 0. The minimum absolute atomic E-state index is 0. The molecule has 0 aliphatic rings. The molecule has 4 nitrogen and oxygen atoms in total. The van der Waals surface area contributed by atoms with E-state index < -0.39 is 0 Å². The Bertz CT molecular complexity index is 1020. The van der Waals surface area contributed by atoms with Gasteiger partial charge in [0, 0.05) is 26.7 Å². The number of halogens is 1. The number of hydrogen-bond acceptors (Lipinski definition) is 3. The zero-order valence-electron chi connectivity index (χ0n) is 11.9. The Morgan fingerprint density at radius 2 is 2.05 bits per heavy atom. The van der Waals surface area contributed by atoms with Gasteiger partial charge in [0.2, 0.25) is 0 Å². The lowest BCUT2D eigenvalue weighted by atomic mass is 10.2. The third-order valence-corrected chi connectivity index (χ3v) is 4.89. The first kappa shape index (κ1) is 14.8. The fourth-order valence-electron chi connectivity index (χ4n) is 2.60. The molecule has 0 atom stereocenters. The second-order valence-corrected chi connectivity index (χ2v) is 6.14. The number of nitrogens with zero attached hydrogens (tertiary/aromatic N) is 2. The van der Waals surface area contributed by atoms with Crippen molar-refractivity contribution >= 4 is 43.9 Å². The zero-order chi connectivity index (χ0) is 14.4. The molecule has 0 unspecified atom stereocenters. The fraction of sp³-hybridized carbons (Fsp3) is 0.125. The van der Waals surface area contributed by atoms with Crippen LogP contribution in [0, 0.1) is 6.92 Å². The number of aryl methyl sites for hydroxylation is 1. The lowest BCUT2D eigenvalue weighted by molar-refractivity contribution is 0.747. The first-order chi connectivity index (χ1) is 10.2. The van der Waals surface area contributed by atoms with Crippen LogP contribution in [0.4, 0.5) is 0 Å². The molecule has 22 heavy (non-hydrogen) atoms. The normalized spacial score (nSPS) is 11.0. The van der Waals surface area contributed by atoms with Crippen LogP contribution in [0.3, 0.4) is 0 Å². The van der Waals surface area contributed by atoms with Gasteiger partial charge in [-0.3, -0.25) is 4.79 Å². The van der Waals surface area contributed by atoms with E-state index in [1.165, 1.54) is 0 Å². The summed E-state index contributed by atoms with van der Waals surface area (Å²) in [6, 6.07) is 10.1. The summed E-state index contributed by atoms with van der Waals surface area (Å²) >= 11 is 1.66. The molecule has 0 aliphatic carbocycles. The zero-order valence-corrected chi connectivity index (χ0v) is 13.5. The van der Waals surface area contributed by atoms with Crippen molar-refractivity contribution in [3.05, 3.63) is 64.6 Å². The topological polar surface area (TPSA) is 50.7 Å². The van der Waals surface area contributed by atoms with Gasteiger partial charge in [0.05, 0.1) is 24.0 Å². The molecule has 6 heteroatoms. The molecule has 3 aromatic heterocycles. The van der Waals surface area contributed by atoms with E-state index in [4.69, 9.17) is 0 Å². The summed E-state index contributed by atoms with van der Waals surface area (Å²) in [7, 11) is 0. The molecule has 1 aromatic carbocycles. The van der Waals surface area contributed by atoms with Crippen LogP contribution in [0.5, 0.6) is 0 Å². The van der Waals surface area contributed by atoms with Gasteiger partial charge in [-0.2, -0.15) is 0 Å². The summed E-state index contributed by atoms with van der Waals surface area (Å²) < 4.78 is 3.92. The molecule has 0 aliphatic heterocycles. The van der Waals surface area contributed by atoms with E-state index in [2.05, 4.69) is 16.0 Å². The summed E-state index contributed by atoms with van der Waals surface area (Å²) in [5, 5.41) is 1.85. The highest BCUT2D eigenvalue weighted by Gasteiger charge is 2.11. The monoisotopic (exact) mass is 331 g/mol. The number of aromatic amines is 1. The quantitative estimate of drug-likeness (QED) is 0.608. The van der Waals surface area contributed by atoms with Crippen molar-refractivity contribution < 1.29 is 0 Å². The van der Waals surface area contributed by atoms with E-state index >= 15 is 0 Å². The SMILES string of the molecule is Cc1[nH]cnc1Cn1ccc2sc3ccccc3c2c1=O.Cl. The maximum atomic E-state index is 12.8. The number of aromatic nitrogens is 3. The van der Waals surface area contributed by atoms with Crippen LogP contribution in [0.25, 0.3) is 20.2 Å². The molecule has 0 amide bonds. The van der Waals surface area contributed by atoms with Crippen LogP contribution >= 0.6 is 23.7 Å². The number of benzene rings is 1. The number of fused-ring (bicyclic) bond motifs is 3. The Hall–Kier alpha value is -2.11. The summed E-state index contributed by atoms with van der Waals surface area (Å²) in [5.41, 5.74) is 1.94. The van der Waals surface area contributed by atoms with Crippen LogP contribution in [0.15, 0.2) is 47.7 Å². The highest BCUT2D eigenvalue weighted by Crippen LogP contribution is 2.31. The first-order valence-electron chi connectivity index (χ1n) is 6.73. The lowest BCUT2D eigenvalue weighted by Gasteiger charge is -2.04. The smallest absolute Gasteiger partial charge is 0.260 e. The number of thiophene rings is 1. The van der Waals surface area contributed by atoms with Gasteiger partial charge in [0.25, 0.3) is 5.56 Å². The van der Waals surface area contributed by atoms with Crippen LogP contribution < -0.4 is 5.56 Å². The van der Waals surface area contributed by atoms with Crippen molar-refractivity contribution in [1.82, 2.24) is 14.5 Å². The molecule has 0 radical (unpaired) electrons. The van der Waals surface area contributed by atoms with Gasteiger partial charge in [-0.25, -0.2) is 4.98 Å². The molecule has 112 valence electrons. The van der Waals surface area contributed by atoms with Gasteiger partial charge in [0.1, 0.15) is 0 Å². The Morgan fingerprint density at radius 3 is 2.82 bits per heavy atom. The average Bonchev–Trinajstić information content (AvgIpc) is 3.06. The van der Waals surface area contributed by atoms with Gasteiger partial charge in [-0.05, 0) is 19.1 Å².